The van der Waals surface area contributed by atoms with Gasteiger partial charge in [0.1, 0.15) is 5.78 Å². The van der Waals surface area contributed by atoms with E-state index in [9.17, 15) is 9.59 Å². The number of rotatable bonds is 3. The first-order valence-corrected chi connectivity index (χ1v) is 6.21. The summed E-state index contributed by atoms with van der Waals surface area (Å²) in [7, 11) is 0. The van der Waals surface area contributed by atoms with Gasteiger partial charge in [-0.05, 0) is 6.42 Å². The molecule has 18 heavy (non-hydrogen) atoms. The van der Waals surface area contributed by atoms with E-state index < -0.39 is 11.7 Å². The highest BCUT2D eigenvalue weighted by molar-refractivity contribution is 6.61. The molecule has 0 amide bonds. The Morgan fingerprint density at radius 2 is 2.06 bits per heavy atom. The summed E-state index contributed by atoms with van der Waals surface area (Å²) in [5.41, 5.74) is -0.0388. The minimum atomic E-state index is -0.859. The number of nitrogens with zero attached hydrogens (tertiary/aromatic N) is 1. The van der Waals surface area contributed by atoms with E-state index in [0.717, 1.165) is 18.5 Å². The second kappa shape index (κ2) is 5.98. The number of carbonyl (C=O) groups excluding carboxylic acids is 2. The zero-order chi connectivity index (χ0) is 13.0. The number of hydrogen-bond donors (Lipinski definition) is 0. The smallest absolute Gasteiger partial charge is 0.405 e. The molecule has 1 heterocycles. The number of benzene rings is 1. The molecule has 1 fully saturated rings. The predicted molar refractivity (Wildman–Crippen MR) is 67.3 cm³/mol. The van der Waals surface area contributed by atoms with Crippen LogP contribution < -0.4 is 0 Å². The summed E-state index contributed by atoms with van der Waals surface area (Å²) in [6.07, 6.45) is 0.787. The molecule has 1 unspecified atom stereocenters. The van der Waals surface area contributed by atoms with Gasteiger partial charge in [-0.3, -0.25) is 9.69 Å². The molecule has 0 N–H and O–H groups in total. The van der Waals surface area contributed by atoms with E-state index in [4.69, 9.17) is 16.3 Å². The predicted octanol–water partition coefficient (Wildman–Crippen LogP) is 2.73. The van der Waals surface area contributed by atoms with Crippen LogP contribution in [0.5, 0.6) is 0 Å². The third-order valence-corrected chi connectivity index (χ3v) is 2.99. The molecule has 96 valence electrons. The highest BCUT2D eigenvalue weighted by Gasteiger charge is 2.28. The van der Waals surface area contributed by atoms with E-state index in [-0.39, 0.29) is 5.78 Å². The monoisotopic (exact) mass is 267 g/mol. The van der Waals surface area contributed by atoms with Crippen LogP contribution in [-0.4, -0.2) is 29.2 Å². The minimum absolute atomic E-state index is 0.160. The van der Waals surface area contributed by atoms with Crippen molar-refractivity contribution in [1.82, 2.24) is 4.90 Å². The van der Waals surface area contributed by atoms with Crippen molar-refractivity contribution >= 4 is 22.8 Å². The number of hydrogen-bond acceptors (Lipinski definition) is 4. The molecule has 1 atom stereocenters. The fourth-order valence-electron chi connectivity index (χ4n) is 2.12. The molecule has 2 rings (SSSR count). The van der Waals surface area contributed by atoms with Crippen LogP contribution in [0.1, 0.15) is 24.6 Å². The molecule has 1 aliphatic heterocycles. The Morgan fingerprint density at radius 1 is 1.33 bits per heavy atom. The zero-order valence-corrected chi connectivity index (χ0v) is 10.6. The lowest BCUT2D eigenvalue weighted by Gasteiger charge is -2.32. The van der Waals surface area contributed by atoms with E-state index >= 15 is 0 Å². The Bertz CT molecular complexity index is 435. The Kier molecular flexibility index (Phi) is 4.33. The summed E-state index contributed by atoms with van der Waals surface area (Å²) < 4.78 is 5.12. The van der Waals surface area contributed by atoms with Crippen molar-refractivity contribution in [3.05, 3.63) is 35.9 Å². The first-order valence-electron chi connectivity index (χ1n) is 5.83. The van der Waals surface area contributed by atoms with E-state index in [1.807, 2.05) is 35.2 Å². The Labute approximate surface area is 110 Å². The topological polar surface area (TPSA) is 46.6 Å². The molecule has 0 aliphatic carbocycles. The molecule has 0 radical (unpaired) electrons. The van der Waals surface area contributed by atoms with Gasteiger partial charge in [-0.15, -0.1) is 0 Å². The van der Waals surface area contributed by atoms with Gasteiger partial charge in [-0.1, -0.05) is 30.3 Å². The van der Waals surface area contributed by atoms with Gasteiger partial charge < -0.3 is 4.74 Å². The normalized spacial score (nSPS) is 18.4. The van der Waals surface area contributed by atoms with E-state index in [1.165, 1.54) is 0 Å². The number of halogens is 1. The zero-order valence-electron chi connectivity index (χ0n) is 9.84. The summed E-state index contributed by atoms with van der Waals surface area (Å²) in [6, 6.07) is 9.30. The lowest BCUT2D eigenvalue weighted by atomic mass is 10.1. The number of likely N-dealkylation sites (tertiary alicyclic amines) is 1. The van der Waals surface area contributed by atoms with Crippen molar-refractivity contribution in [2.75, 3.05) is 13.1 Å². The van der Waals surface area contributed by atoms with Gasteiger partial charge in [0, 0.05) is 30.1 Å². The van der Waals surface area contributed by atoms with Crippen LogP contribution in [0.3, 0.4) is 0 Å². The second-order valence-corrected chi connectivity index (χ2v) is 4.54. The van der Waals surface area contributed by atoms with Crippen LogP contribution in [0.4, 0.5) is 4.79 Å². The first-order chi connectivity index (χ1) is 8.66. The molecule has 1 aromatic rings. The van der Waals surface area contributed by atoms with Crippen LogP contribution in [0.25, 0.3) is 0 Å². The number of carbonyl (C=O) groups is 2. The molecule has 0 aromatic heterocycles. The van der Waals surface area contributed by atoms with Crippen LogP contribution in [0.15, 0.2) is 30.3 Å². The van der Waals surface area contributed by atoms with Crippen LogP contribution >= 0.6 is 11.6 Å². The summed E-state index contributed by atoms with van der Waals surface area (Å²) >= 11 is 5.31. The molecular formula is C13H14ClNO3. The van der Waals surface area contributed by atoms with Crippen molar-refractivity contribution in [2.45, 2.75) is 19.1 Å². The van der Waals surface area contributed by atoms with E-state index in [0.29, 0.717) is 13.0 Å². The Hall–Kier alpha value is -1.39. The van der Waals surface area contributed by atoms with Gasteiger partial charge in [0.25, 0.3) is 0 Å². The van der Waals surface area contributed by atoms with Crippen molar-refractivity contribution in [3.8, 4) is 0 Å². The van der Waals surface area contributed by atoms with E-state index in [2.05, 4.69) is 0 Å². The SMILES string of the molecule is O=C1CCCN(C(OC(=O)Cl)c2ccccc2)C1. The maximum absolute atomic E-state index is 11.5. The molecule has 0 bridgehead atoms. The third kappa shape index (κ3) is 3.31. The maximum Gasteiger partial charge on any atom is 0.405 e. The molecule has 1 aliphatic rings. The average Bonchev–Trinajstić information content (AvgIpc) is 2.37. The fourth-order valence-corrected chi connectivity index (χ4v) is 2.21. The number of Topliss-reactive ketones (excluding diaryl/α,β-unsaturated/α-hetero) is 1. The molecule has 0 spiro atoms. The largest absolute Gasteiger partial charge is 0.430 e. The standard InChI is InChI=1S/C13H14ClNO3/c14-13(17)18-12(10-5-2-1-3-6-10)15-8-4-7-11(16)9-15/h1-3,5-6,12H,4,7-9H2. The second-order valence-electron chi connectivity index (χ2n) is 4.23. The maximum atomic E-state index is 11.5. The van der Waals surface area contributed by atoms with Gasteiger partial charge in [-0.25, -0.2) is 4.79 Å². The van der Waals surface area contributed by atoms with Crippen molar-refractivity contribution in [2.24, 2.45) is 0 Å². The molecule has 4 nitrogen and oxygen atoms in total. The van der Waals surface area contributed by atoms with Crippen LogP contribution in [0, 0.1) is 0 Å². The highest BCUT2D eigenvalue weighted by atomic mass is 35.5. The minimum Gasteiger partial charge on any atom is -0.430 e. The quantitative estimate of drug-likeness (QED) is 0.790. The highest BCUT2D eigenvalue weighted by Crippen LogP contribution is 2.25. The van der Waals surface area contributed by atoms with Crippen LogP contribution in [0.2, 0.25) is 0 Å². The van der Waals surface area contributed by atoms with Gasteiger partial charge in [0.05, 0.1) is 6.54 Å². The van der Waals surface area contributed by atoms with Gasteiger partial charge in [0.2, 0.25) is 0 Å². The van der Waals surface area contributed by atoms with Crippen molar-refractivity contribution < 1.29 is 14.3 Å². The number of ketones is 1. The fraction of sp³-hybridized carbons (Fsp3) is 0.385. The van der Waals surface area contributed by atoms with Crippen molar-refractivity contribution in [1.29, 1.82) is 0 Å². The molecular weight excluding hydrogens is 254 g/mol. The summed E-state index contributed by atoms with van der Waals surface area (Å²) in [4.78, 5) is 24.3. The van der Waals surface area contributed by atoms with Crippen molar-refractivity contribution in [3.63, 3.8) is 0 Å². The molecule has 1 aromatic carbocycles. The average molecular weight is 268 g/mol. The summed E-state index contributed by atoms with van der Waals surface area (Å²) in [5.74, 6) is 0.160. The Balaban J connectivity index is 2.19. The summed E-state index contributed by atoms with van der Waals surface area (Å²) in [6.45, 7) is 1.01. The van der Waals surface area contributed by atoms with Gasteiger partial charge >= 0.3 is 5.43 Å². The van der Waals surface area contributed by atoms with Crippen LogP contribution in [-0.2, 0) is 9.53 Å². The number of ether oxygens (including phenoxy) is 1. The van der Waals surface area contributed by atoms with Gasteiger partial charge in [-0.2, -0.15) is 0 Å². The first kappa shape index (κ1) is 13.1. The van der Waals surface area contributed by atoms with Gasteiger partial charge in [0.15, 0.2) is 6.23 Å². The lowest BCUT2D eigenvalue weighted by molar-refractivity contribution is -0.126. The molecule has 5 heteroatoms. The number of piperidine rings is 1. The molecule has 0 saturated carbocycles. The molecule has 1 saturated heterocycles. The lowest BCUT2D eigenvalue weighted by Crippen LogP contribution is -2.39. The summed E-state index contributed by atoms with van der Waals surface area (Å²) in [5, 5.41) is 0. The third-order valence-electron chi connectivity index (χ3n) is 2.90. The van der Waals surface area contributed by atoms with E-state index in [1.54, 1.807) is 0 Å². The Morgan fingerprint density at radius 3 is 2.67 bits per heavy atom.